The van der Waals surface area contributed by atoms with E-state index in [0.717, 1.165) is 25.4 Å². The van der Waals surface area contributed by atoms with Crippen LogP contribution < -0.4 is 10.6 Å². The van der Waals surface area contributed by atoms with Gasteiger partial charge in [-0.1, -0.05) is 18.5 Å². The fraction of sp³-hybridized carbons (Fsp3) is 0.462. The third-order valence-electron chi connectivity index (χ3n) is 3.06. The van der Waals surface area contributed by atoms with Gasteiger partial charge in [0.25, 0.3) is 5.91 Å². The highest BCUT2D eigenvalue weighted by Gasteiger charge is 2.33. The van der Waals surface area contributed by atoms with Crippen LogP contribution in [0.25, 0.3) is 0 Å². The van der Waals surface area contributed by atoms with E-state index in [1.165, 1.54) is 0 Å². The van der Waals surface area contributed by atoms with E-state index in [1.807, 2.05) is 0 Å². The van der Waals surface area contributed by atoms with Gasteiger partial charge in [-0.25, -0.2) is 0 Å². The van der Waals surface area contributed by atoms with Crippen molar-refractivity contribution in [3.05, 3.63) is 28.8 Å². The maximum atomic E-state index is 11.5. The van der Waals surface area contributed by atoms with E-state index in [-0.39, 0.29) is 11.3 Å². The van der Waals surface area contributed by atoms with Crippen LogP contribution in [0.2, 0.25) is 5.02 Å². The first-order valence-electron chi connectivity index (χ1n) is 5.87. The summed E-state index contributed by atoms with van der Waals surface area (Å²) in [7, 11) is 1.61. The Balaban J connectivity index is 2.08. The van der Waals surface area contributed by atoms with Gasteiger partial charge in [-0.2, -0.15) is 0 Å². The standard InChI is InChI=1S/C13H17ClN2O2/c1-13(7-18-8-13)6-16-11-5-9(12(17)15-2)3-4-10(11)14/h3-5,16H,6-8H2,1-2H3,(H,15,17). The first-order chi connectivity index (χ1) is 8.54. The molecule has 0 unspecified atom stereocenters. The van der Waals surface area contributed by atoms with E-state index in [9.17, 15) is 4.79 Å². The molecule has 1 heterocycles. The highest BCUT2D eigenvalue weighted by atomic mass is 35.5. The van der Waals surface area contributed by atoms with Gasteiger partial charge in [0.05, 0.1) is 23.9 Å². The van der Waals surface area contributed by atoms with Crippen LogP contribution in [0.15, 0.2) is 18.2 Å². The van der Waals surface area contributed by atoms with E-state index >= 15 is 0 Å². The number of halogens is 1. The summed E-state index contributed by atoms with van der Waals surface area (Å²) in [5.74, 6) is -0.118. The summed E-state index contributed by atoms with van der Waals surface area (Å²) in [6.07, 6.45) is 0. The Hall–Kier alpha value is -1.26. The Morgan fingerprint density at radius 3 is 2.78 bits per heavy atom. The molecule has 1 saturated heterocycles. The molecular weight excluding hydrogens is 252 g/mol. The number of carbonyl (C=O) groups excluding carboxylic acids is 1. The van der Waals surface area contributed by atoms with Gasteiger partial charge in [0.1, 0.15) is 0 Å². The average Bonchev–Trinajstić information content (AvgIpc) is 2.34. The number of hydrogen-bond acceptors (Lipinski definition) is 3. The molecule has 1 aromatic rings. The van der Waals surface area contributed by atoms with Gasteiger partial charge in [-0.3, -0.25) is 4.79 Å². The first kappa shape index (κ1) is 13.2. The van der Waals surface area contributed by atoms with Gasteiger partial charge in [-0.15, -0.1) is 0 Å². The van der Waals surface area contributed by atoms with Crippen LogP contribution in [0.4, 0.5) is 5.69 Å². The summed E-state index contributed by atoms with van der Waals surface area (Å²) >= 11 is 6.11. The summed E-state index contributed by atoms with van der Waals surface area (Å²) in [5, 5.41) is 6.49. The van der Waals surface area contributed by atoms with Crippen LogP contribution in [0.1, 0.15) is 17.3 Å². The van der Waals surface area contributed by atoms with Crippen LogP contribution in [0.5, 0.6) is 0 Å². The predicted molar refractivity (Wildman–Crippen MR) is 72.3 cm³/mol. The fourth-order valence-electron chi connectivity index (χ4n) is 1.81. The molecule has 98 valence electrons. The van der Waals surface area contributed by atoms with E-state index in [4.69, 9.17) is 16.3 Å². The highest BCUT2D eigenvalue weighted by molar-refractivity contribution is 6.33. The van der Waals surface area contributed by atoms with Gasteiger partial charge < -0.3 is 15.4 Å². The first-order valence-corrected chi connectivity index (χ1v) is 6.25. The molecule has 5 heteroatoms. The molecule has 18 heavy (non-hydrogen) atoms. The second kappa shape index (κ2) is 5.16. The number of hydrogen-bond donors (Lipinski definition) is 2. The smallest absolute Gasteiger partial charge is 0.251 e. The van der Waals surface area contributed by atoms with Crippen LogP contribution in [-0.2, 0) is 4.74 Å². The molecule has 0 aliphatic carbocycles. The molecule has 0 saturated carbocycles. The third kappa shape index (κ3) is 2.76. The second-order valence-corrected chi connectivity index (χ2v) is 5.34. The maximum absolute atomic E-state index is 11.5. The minimum atomic E-state index is -0.118. The summed E-state index contributed by atoms with van der Waals surface area (Å²) in [6, 6.07) is 5.21. The molecule has 1 fully saturated rings. The molecule has 1 amide bonds. The average molecular weight is 269 g/mol. The largest absolute Gasteiger partial charge is 0.383 e. The molecule has 1 aliphatic heterocycles. The Bertz CT molecular complexity index is 458. The predicted octanol–water partition coefficient (Wildman–Crippen LogP) is 2.15. The lowest BCUT2D eigenvalue weighted by Gasteiger charge is -2.38. The summed E-state index contributed by atoms with van der Waals surface area (Å²) < 4.78 is 5.20. The minimum Gasteiger partial charge on any atom is -0.383 e. The Morgan fingerprint density at radius 2 is 2.22 bits per heavy atom. The van der Waals surface area contributed by atoms with Crippen molar-refractivity contribution in [1.29, 1.82) is 0 Å². The van der Waals surface area contributed by atoms with Crippen LogP contribution in [-0.4, -0.2) is 32.7 Å². The number of rotatable bonds is 4. The fourth-order valence-corrected chi connectivity index (χ4v) is 1.99. The van der Waals surface area contributed by atoms with Crippen molar-refractivity contribution in [3.63, 3.8) is 0 Å². The van der Waals surface area contributed by atoms with Gasteiger partial charge in [0, 0.05) is 24.6 Å². The number of amides is 1. The van der Waals surface area contributed by atoms with E-state index in [0.29, 0.717) is 10.6 Å². The zero-order chi connectivity index (χ0) is 13.2. The summed E-state index contributed by atoms with van der Waals surface area (Å²) in [5.41, 5.74) is 1.54. The van der Waals surface area contributed by atoms with Gasteiger partial charge >= 0.3 is 0 Å². The molecule has 0 atom stereocenters. The number of benzene rings is 1. The van der Waals surface area contributed by atoms with E-state index in [2.05, 4.69) is 17.6 Å². The Kier molecular flexibility index (Phi) is 3.78. The van der Waals surface area contributed by atoms with Gasteiger partial charge in [-0.05, 0) is 18.2 Å². The van der Waals surface area contributed by atoms with Crippen molar-refractivity contribution in [2.24, 2.45) is 5.41 Å². The molecule has 0 radical (unpaired) electrons. The molecule has 2 rings (SSSR count). The SMILES string of the molecule is CNC(=O)c1ccc(Cl)c(NCC2(C)COC2)c1. The Morgan fingerprint density at radius 1 is 1.50 bits per heavy atom. The quantitative estimate of drug-likeness (QED) is 0.880. The van der Waals surface area contributed by atoms with Crippen molar-refractivity contribution >= 4 is 23.2 Å². The van der Waals surface area contributed by atoms with Gasteiger partial charge in [0.15, 0.2) is 0 Å². The Labute approximate surface area is 112 Å². The van der Waals surface area contributed by atoms with Crippen LogP contribution in [0, 0.1) is 5.41 Å². The van der Waals surface area contributed by atoms with Crippen molar-refractivity contribution in [1.82, 2.24) is 5.32 Å². The molecular formula is C13H17ClN2O2. The van der Waals surface area contributed by atoms with Crippen molar-refractivity contribution in [3.8, 4) is 0 Å². The number of anilines is 1. The maximum Gasteiger partial charge on any atom is 0.251 e. The number of nitrogens with one attached hydrogen (secondary N) is 2. The van der Waals surface area contributed by atoms with E-state index < -0.39 is 0 Å². The summed E-state index contributed by atoms with van der Waals surface area (Å²) in [6.45, 7) is 4.45. The lowest BCUT2D eigenvalue weighted by molar-refractivity contribution is -0.0924. The monoisotopic (exact) mass is 268 g/mol. The number of carbonyl (C=O) groups is 1. The minimum absolute atomic E-state index is 0.118. The lowest BCUT2D eigenvalue weighted by Crippen LogP contribution is -2.45. The van der Waals surface area contributed by atoms with Crippen LogP contribution >= 0.6 is 11.6 Å². The normalized spacial score (nSPS) is 16.8. The second-order valence-electron chi connectivity index (χ2n) is 4.93. The molecule has 0 aromatic heterocycles. The van der Waals surface area contributed by atoms with Crippen molar-refractivity contribution in [2.75, 3.05) is 32.1 Å². The highest BCUT2D eigenvalue weighted by Crippen LogP contribution is 2.29. The molecule has 4 nitrogen and oxygen atoms in total. The molecule has 0 bridgehead atoms. The zero-order valence-corrected chi connectivity index (χ0v) is 11.3. The van der Waals surface area contributed by atoms with Crippen LogP contribution in [0.3, 0.4) is 0 Å². The molecule has 2 N–H and O–H groups in total. The third-order valence-corrected chi connectivity index (χ3v) is 3.39. The van der Waals surface area contributed by atoms with Crippen molar-refractivity contribution in [2.45, 2.75) is 6.92 Å². The lowest BCUT2D eigenvalue weighted by atomic mass is 9.88. The van der Waals surface area contributed by atoms with E-state index in [1.54, 1.807) is 25.2 Å². The zero-order valence-electron chi connectivity index (χ0n) is 10.5. The van der Waals surface area contributed by atoms with Crippen molar-refractivity contribution < 1.29 is 9.53 Å². The molecule has 1 aliphatic rings. The molecule has 1 aromatic carbocycles. The molecule has 0 spiro atoms. The summed E-state index contributed by atoms with van der Waals surface area (Å²) in [4.78, 5) is 11.5. The topological polar surface area (TPSA) is 50.4 Å². The number of ether oxygens (including phenoxy) is 1. The van der Waals surface area contributed by atoms with Gasteiger partial charge in [0.2, 0.25) is 0 Å².